The van der Waals surface area contributed by atoms with E-state index in [0.717, 1.165) is 17.9 Å². The number of nitrogens with one attached hydrogen (secondary N) is 1. The van der Waals surface area contributed by atoms with Crippen LogP contribution in [0.1, 0.15) is 29.4 Å². The van der Waals surface area contributed by atoms with Gasteiger partial charge in [0.1, 0.15) is 0 Å². The number of aliphatic hydroxyl groups is 1. The van der Waals surface area contributed by atoms with Crippen molar-refractivity contribution in [1.82, 2.24) is 0 Å². The SMILES string of the molecule is O=C1Nc2cc(N(Cc3cccs3)C3CC3)ccc2C1O. The predicted molar refractivity (Wildman–Crippen MR) is 83.6 cm³/mol. The monoisotopic (exact) mass is 300 g/mol. The molecule has 1 unspecified atom stereocenters. The van der Waals surface area contributed by atoms with Crippen LogP contribution in [0.25, 0.3) is 0 Å². The number of aliphatic hydroxyl groups excluding tert-OH is 1. The largest absolute Gasteiger partial charge is 0.378 e. The second-order valence-corrected chi connectivity index (χ2v) is 6.63. The average Bonchev–Trinajstić information content (AvgIpc) is 3.12. The molecule has 21 heavy (non-hydrogen) atoms. The first-order valence-electron chi connectivity index (χ1n) is 7.14. The number of benzene rings is 1. The van der Waals surface area contributed by atoms with Crippen molar-refractivity contribution < 1.29 is 9.90 Å². The van der Waals surface area contributed by atoms with Gasteiger partial charge in [-0.3, -0.25) is 4.79 Å². The van der Waals surface area contributed by atoms with E-state index in [1.807, 2.05) is 18.2 Å². The molecule has 1 aliphatic carbocycles. The molecule has 2 N–H and O–H groups in total. The Hall–Kier alpha value is -1.85. The quantitative estimate of drug-likeness (QED) is 0.913. The molecule has 1 amide bonds. The highest BCUT2D eigenvalue weighted by Crippen LogP contribution is 2.38. The van der Waals surface area contributed by atoms with Crippen LogP contribution >= 0.6 is 11.3 Å². The minimum Gasteiger partial charge on any atom is -0.378 e. The molecule has 2 aliphatic rings. The van der Waals surface area contributed by atoms with Crippen LogP contribution in [-0.4, -0.2) is 17.1 Å². The Kier molecular flexibility index (Phi) is 2.97. The maximum Gasteiger partial charge on any atom is 0.257 e. The highest BCUT2D eigenvalue weighted by molar-refractivity contribution is 7.09. The molecule has 0 bridgehead atoms. The van der Waals surface area contributed by atoms with Crippen molar-refractivity contribution in [3.63, 3.8) is 0 Å². The number of hydrogen-bond acceptors (Lipinski definition) is 4. The van der Waals surface area contributed by atoms with Crippen LogP contribution in [0.4, 0.5) is 11.4 Å². The summed E-state index contributed by atoms with van der Waals surface area (Å²) in [4.78, 5) is 15.3. The van der Waals surface area contributed by atoms with Crippen molar-refractivity contribution in [1.29, 1.82) is 0 Å². The number of hydrogen-bond donors (Lipinski definition) is 2. The molecule has 108 valence electrons. The van der Waals surface area contributed by atoms with E-state index in [9.17, 15) is 9.90 Å². The van der Waals surface area contributed by atoms with Gasteiger partial charge in [-0.25, -0.2) is 0 Å². The number of rotatable bonds is 4. The second-order valence-electron chi connectivity index (χ2n) is 5.60. The minimum absolute atomic E-state index is 0.335. The molecule has 1 fully saturated rings. The normalized spacial score (nSPS) is 20.2. The third kappa shape index (κ3) is 2.32. The summed E-state index contributed by atoms with van der Waals surface area (Å²) < 4.78 is 0. The standard InChI is InChI=1S/C16H16N2O2S/c19-15-13-6-5-11(8-14(13)17-16(15)20)18(10-3-4-10)9-12-2-1-7-21-12/h1-2,5-8,10,15,19H,3-4,9H2,(H,17,20). The molecule has 0 spiro atoms. The van der Waals surface area contributed by atoms with Gasteiger partial charge in [0, 0.05) is 27.9 Å². The minimum atomic E-state index is -1.03. The number of thiophene rings is 1. The molecule has 2 heterocycles. The summed E-state index contributed by atoms with van der Waals surface area (Å²) in [5, 5.41) is 14.6. The number of carbonyl (C=O) groups is 1. The maximum absolute atomic E-state index is 11.5. The molecule has 1 aliphatic heterocycles. The number of amides is 1. The van der Waals surface area contributed by atoms with Crippen molar-refractivity contribution >= 4 is 28.6 Å². The van der Waals surface area contributed by atoms with Gasteiger partial charge < -0.3 is 15.3 Å². The predicted octanol–water partition coefficient (Wildman–Crippen LogP) is 2.90. The van der Waals surface area contributed by atoms with E-state index in [4.69, 9.17) is 0 Å². The zero-order valence-electron chi connectivity index (χ0n) is 11.5. The molecule has 1 atom stereocenters. The lowest BCUT2D eigenvalue weighted by Gasteiger charge is -2.24. The highest BCUT2D eigenvalue weighted by Gasteiger charge is 2.32. The fourth-order valence-corrected chi connectivity index (χ4v) is 3.50. The van der Waals surface area contributed by atoms with E-state index >= 15 is 0 Å². The van der Waals surface area contributed by atoms with Crippen LogP contribution in [0.5, 0.6) is 0 Å². The van der Waals surface area contributed by atoms with Crippen LogP contribution in [-0.2, 0) is 11.3 Å². The first-order valence-corrected chi connectivity index (χ1v) is 8.02. The Labute approximate surface area is 127 Å². The van der Waals surface area contributed by atoms with Crippen molar-refractivity contribution in [2.24, 2.45) is 0 Å². The maximum atomic E-state index is 11.5. The van der Waals surface area contributed by atoms with E-state index in [2.05, 4.69) is 27.7 Å². The summed E-state index contributed by atoms with van der Waals surface area (Å²) in [6.45, 7) is 0.900. The Balaban J connectivity index is 1.65. The first-order chi connectivity index (χ1) is 10.2. The van der Waals surface area contributed by atoms with E-state index < -0.39 is 6.10 Å². The fourth-order valence-electron chi connectivity index (χ4n) is 2.80. The molecule has 2 aromatic rings. The van der Waals surface area contributed by atoms with Crippen molar-refractivity contribution in [2.75, 3.05) is 10.2 Å². The molecule has 0 saturated heterocycles. The lowest BCUT2D eigenvalue weighted by Crippen LogP contribution is -2.24. The summed E-state index contributed by atoms with van der Waals surface area (Å²) in [6, 6.07) is 10.7. The molecular formula is C16H16N2O2S. The van der Waals surface area contributed by atoms with Gasteiger partial charge in [-0.1, -0.05) is 12.1 Å². The Bertz CT molecular complexity index is 680. The Morgan fingerprint density at radius 1 is 1.33 bits per heavy atom. The van der Waals surface area contributed by atoms with Crippen LogP contribution < -0.4 is 10.2 Å². The van der Waals surface area contributed by atoms with Crippen LogP contribution in [0.2, 0.25) is 0 Å². The Morgan fingerprint density at radius 2 is 2.19 bits per heavy atom. The van der Waals surface area contributed by atoms with Gasteiger partial charge in [0.05, 0.1) is 6.54 Å². The first kappa shape index (κ1) is 12.9. The van der Waals surface area contributed by atoms with Crippen molar-refractivity contribution in [3.8, 4) is 0 Å². The molecule has 0 radical (unpaired) electrons. The van der Waals surface area contributed by atoms with Gasteiger partial charge >= 0.3 is 0 Å². The fraction of sp³-hybridized carbons (Fsp3) is 0.312. The zero-order valence-corrected chi connectivity index (χ0v) is 12.3. The number of carbonyl (C=O) groups excluding carboxylic acids is 1. The van der Waals surface area contributed by atoms with Gasteiger partial charge in [0.2, 0.25) is 0 Å². The van der Waals surface area contributed by atoms with Crippen LogP contribution in [0.15, 0.2) is 35.7 Å². The Morgan fingerprint density at radius 3 is 2.90 bits per heavy atom. The molecule has 4 nitrogen and oxygen atoms in total. The summed E-state index contributed by atoms with van der Waals surface area (Å²) in [5.41, 5.74) is 2.52. The van der Waals surface area contributed by atoms with Gasteiger partial charge in [-0.15, -0.1) is 11.3 Å². The van der Waals surface area contributed by atoms with E-state index in [1.54, 1.807) is 11.3 Å². The lowest BCUT2D eigenvalue weighted by atomic mass is 10.1. The summed E-state index contributed by atoms with van der Waals surface area (Å²) in [6.07, 6.45) is 1.41. The number of fused-ring (bicyclic) bond motifs is 1. The van der Waals surface area contributed by atoms with Crippen molar-refractivity contribution in [2.45, 2.75) is 31.5 Å². The lowest BCUT2D eigenvalue weighted by molar-refractivity contribution is -0.123. The molecule has 4 rings (SSSR count). The third-order valence-electron chi connectivity index (χ3n) is 4.06. The van der Waals surface area contributed by atoms with E-state index in [0.29, 0.717) is 11.6 Å². The van der Waals surface area contributed by atoms with Gasteiger partial charge in [-0.2, -0.15) is 0 Å². The summed E-state index contributed by atoms with van der Waals surface area (Å²) in [7, 11) is 0. The number of anilines is 2. The van der Waals surface area contributed by atoms with Crippen LogP contribution in [0, 0.1) is 0 Å². The zero-order chi connectivity index (χ0) is 14.4. The second kappa shape index (κ2) is 4.86. The van der Waals surface area contributed by atoms with Gasteiger partial charge in [0.15, 0.2) is 6.10 Å². The van der Waals surface area contributed by atoms with E-state index in [-0.39, 0.29) is 5.91 Å². The van der Waals surface area contributed by atoms with Crippen LogP contribution in [0.3, 0.4) is 0 Å². The molecular weight excluding hydrogens is 284 g/mol. The molecule has 5 heteroatoms. The summed E-state index contributed by atoms with van der Waals surface area (Å²) >= 11 is 1.77. The highest BCUT2D eigenvalue weighted by atomic mass is 32.1. The summed E-state index contributed by atoms with van der Waals surface area (Å²) in [5.74, 6) is -0.335. The van der Waals surface area contributed by atoms with Gasteiger partial charge in [-0.05, 0) is 36.4 Å². The average molecular weight is 300 g/mol. The molecule has 1 saturated carbocycles. The smallest absolute Gasteiger partial charge is 0.257 e. The van der Waals surface area contributed by atoms with E-state index in [1.165, 1.54) is 17.7 Å². The van der Waals surface area contributed by atoms with Crippen molar-refractivity contribution in [3.05, 3.63) is 46.2 Å². The third-order valence-corrected chi connectivity index (χ3v) is 4.92. The molecule has 1 aromatic heterocycles. The topological polar surface area (TPSA) is 52.6 Å². The molecule has 1 aromatic carbocycles. The number of nitrogens with zero attached hydrogens (tertiary/aromatic N) is 1. The van der Waals surface area contributed by atoms with Gasteiger partial charge in [0.25, 0.3) is 5.91 Å².